The summed E-state index contributed by atoms with van der Waals surface area (Å²) in [5.74, 6) is 1.92. The first-order valence-electron chi connectivity index (χ1n) is 16.5. The molecular formula is C36H50FN7O2. The van der Waals surface area contributed by atoms with Gasteiger partial charge < -0.3 is 35.1 Å². The number of hydrogen-bond donors (Lipinski definition) is 4. The maximum atomic E-state index is 14.9. The number of anilines is 1. The van der Waals surface area contributed by atoms with Crippen LogP contribution in [0.15, 0.2) is 76.9 Å². The molecule has 10 heteroatoms. The van der Waals surface area contributed by atoms with Crippen molar-refractivity contribution in [1.29, 1.82) is 0 Å². The van der Waals surface area contributed by atoms with Crippen molar-refractivity contribution in [3.8, 4) is 0 Å². The lowest BCUT2D eigenvalue weighted by Gasteiger charge is -2.49. The van der Waals surface area contributed by atoms with Gasteiger partial charge in [0.2, 0.25) is 0 Å². The Labute approximate surface area is 272 Å². The maximum Gasteiger partial charge on any atom is 0.323 e. The number of ether oxygens (including phenoxy) is 1. The van der Waals surface area contributed by atoms with Crippen molar-refractivity contribution in [2.75, 3.05) is 51.8 Å². The summed E-state index contributed by atoms with van der Waals surface area (Å²) in [6.45, 7) is 17.5. The molecule has 2 aliphatic heterocycles. The minimum Gasteiger partial charge on any atom is -0.483 e. The first-order chi connectivity index (χ1) is 22.1. The molecule has 0 aliphatic carbocycles. The second-order valence-electron chi connectivity index (χ2n) is 13.1. The van der Waals surface area contributed by atoms with E-state index < -0.39 is 5.54 Å². The summed E-state index contributed by atoms with van der Waals surface area (Å²) in [5, 5.41) is 7.31. The largest absolute Gasteiger partial charge is 0.483 e. The van der Waals surface area contributed by atoms with Crippen LogP contribution in [0.25, 0.3) is 11.0 Å². The number of imidazole rings is 1. The summed E-state index contributed by atoms with van der Waals surface area (Å²) in [4.78, 5) is 26.8. The topological polar surface area (TPSA) is 101 Å². The number of aromatic nitrogens is 2. The van der Waals surface area contributed by atoms with Crippen LogP contribution in [0.4, 0.5) is 10.1 Å². The van der Waals surface area contributed by atoms with Crippen molar-refractivity contribution in [3.63, 3.8) is 0 Å². The Bertz CT molecular complexity index is 1580. The van der Waals surface area contributed by atoms with Crippen molar-refractivity contribution < 1.29 is 9.13 Å². The van der Waals surface area contributed by atoms with Gasteiger partial charge in [-0.25, -0.2) is 9.18 Å². The fraction of sp³-hybridized carbons (Fsp3) is 0.500. The molecule has 2 aromatic carbocycles. The van der Waals surface area contributed by atoms with Crippen molar-refractivity contribution in [3.05, 3.63) is 88.9 Å². The monoisotopic (exact) mass is 631 g/mol. The third-order valence-corrected chi connectivity index (χ3v) is 9.92. The fourth-order valence-electron chi connectivity index (χ4n) is 7.32. The highest BCUT2D eigenvalue weighted by molar-refractivity contribution is 5.80. The van der Waals surface area contributed by atoms with Gasteiger partial charge in [0.15, 0.2) is 5.88 Å². The zero-order chi connectivity index (χ0) is 32.8. The first kappa shape index (κ1) is 33.3. The molecule has 2 saturated heterocycles. The number of rotatable bonds is 14. The van der Waals surface area contributed by atoms with Crippen molar-refractivity contribution in [2.45, 2.75) is 57.5 Å². The Morgan fingerprint density at radius 3 is 2.57 bits per heavy atom. The van der Waals surface area contributed by atoms with Crippen molar-refractivity contribution in [1.82, 2.24) is 25.5 Å². The van der Waals surface area contributed by atoms with Crippen molar-refractivity contribution in [2.24, 2.45) is 16.8 Å². The predicted octanol–water partition coefficient (Wildman–Crippen LogP) is 5.50. The lowest BCUT2D eigenvalue weighted by Crippen LogP contribution is -2.57. The van der Waals surface area contributed by atoms with Gasteiger partial charge in [-0.2, -0.15) is 0 Å². The molecule has 0 saturated carbocycles. The second-order valence-corrected chi connectivity index (χ2v) is 13.1. The number of methoxy groups -OCH3 is 1. The van der Waals surface area contributed by atoms with Gasteiger partial charge in [-0.15, -0.1) is 0 Å². The molecule has 0 radical (unpaired) electrons. The van der Waals surface area contributed by atoms with Crippen LogP contribution in [0.1, 0.15) is 51.5 Å². The number of H-pyrrole nitrogens is 2. The minimum atomic E-state index is -0.567. The minimum absolute atomic E-state index is 0.0253. The molecule has 3 aromatic rings. The zero-order valence-electron chi connectivity index (χ0n) is 27.8. The maximum absolute atomic E-state index is 14.9. The van der Waals surface area contributed by atoms with Gasteiger partial charge in [0.25, 0.3) is 0 Å². The molecule has 0 bridgehead atoms. The van der Waals surface area contributed by atoms with E-state index in [9.17, 15) is 9.18 Å². The van der Waals surface area contributed by atoms with Gasteiger partial charge >= 0.3 is 5.69 Å². The van der Waals surface area contributed by atoms with Crippen LogP contribution >= 0.6 is 0 Å². The Morgan fingerprint density at radius 2 is 1.89 bits per heavy atom. The van der Waals surface area contributed by atoms with Crippen LogP contribution in [0, 0.1) is 17.7 Å². The average molecular weight is 632 g/mol. The van der Waals surface area contributed by atoms with Gasteiger partial charge in [0, 0.05) is 44.3 Å². The standard InChI is InChI=1S/C36H50FN7O2/c1-7-24(2)17-31(39-26(4)46-6)20-36(42-25(3)38-5,29-9-8-10-30(37)18-29)28-13-15-43(16-14-28)21-27-22-44(23-27)32-11-12-33-34(19-32)41-35(45)40-33/h8-12,18-19,27-28,31,39H,2,4,7,13-17,20-23H2,1,3,5-6H3,(H,38,42)(H2,40,41,45). The number of amidine groups is 1. The zero-order valence-corrected chi connectivity index (χ0v) is 27.8. The molecule has 5 rings (SSSR count). The molecule has 2 atom stereocenters. The first-order valence-corrected chi connectivity index (χ1v) is 16.5. The van der Waals surface area contributed by atoms with Gasteiger partial charge in [-0.3, -0.25) is 4.99 Å². The summed E-state index contributed by atoms with van der Waals surface area (Å²) >= 11 is 0. The fourth-order valence-corrected chi connectivity index (χ4v) is 7.32. The van der Waals surface area contributed by atoms with Crippen LogP contribution < -0.4 is 21.2 Å². The number of nitrogens with zero attached hydrogens (tertiary/aromatic N) is 3. The Balaban J connectivity index is 1.31. The molecular weight excluding hydrogens is 581 g/mol. The van der Waals surface area contributed by atoms with E-state index in [4.69, 9.17) is 4.74 Å². The summed E-state index contributed by atoms with van der Waals surface area (Å²) in [6, 6.07) is 13.1. The van der Waals surface area contributed by atoms with E-state index in [0.29, 0.717) is 18.2 Å². The number of benzene rings is 2. The number of nitrogens with one attached hydrogen (secondary N) is 4. The molecule has 2 aliphatic rings. The smallest absolute Gasteiger partial charge is 0.323 e. The number of fused-ring (bicyclic) bond motifs is 1. The van der Waals surface area contributed by atoms with Gasteiger partial charge in [-0.05, 0) is 101 Å². The SMILES string of the molecule is C=C(CC)CC(CC(NC(C)=NC)(c1cccc(F)c1)C1CCN(CC2CN(c3ccc4[nH]c(=O)[nH]c4c3)C2)CC1)NC(=C)OC. The summed E-state index contributed by atoms with van der Waals surface area (Å²) < 4.78 is 20.3. The third-order valence-electron chi connectivity index (χ3n) is 9.92. The van der Waals surface area contributed by atoms with E-state index in [-0.39, 0.29) is 23.5 Å². The normalized spacial score (nSPS) is 18.5. The average Bonchev–Trinajstić information content (AvgIpc) is 3.41. The van der Waals surface area contributed by atoms with Crippen LogP contribution in [-0.2, 0) is 10.3 Å². The molecule has 2 fully saturated rings. The van der Waals surface area contributed by atoms with E-state index in [2.05, 4.69) is 67.6 Å². The highest BCUT2D eigenvalue weighted by Gasteiger charge is 2.44. The third kappa shape index (κ3) is 7.66. The highest BCUT2D eigenvalue weighted by atomic mass is 19.1. The molecule has 9 nitrogen and oxygen atoms in total. The molecule has 248 valence electrons. The summed E-state index contributed by atoms with van der Waals surface area (Å²) in [6.07, 6.45) is 4.26. The van der Waals surface area contributed by atoms with E-state index in [1.54, 1.807) is 20.2 Å². The Hall–Kier alpha value is -4.05. The van der Waals surface area contributed by atoms with Crippen LogP contribution in [-0.4, -0.2) is 73.6 Å². The molecule has 0 spiro atoms. The molecule has 4 N–H and O–H groups in total. The summed E-state index contributed by atoms with van der Waals surface area (Å²) in [7, 11) is 3.41. The summed E-state index contributed by atoms with van der Waals surface area (Å²) in [5.41, 5.74) is 4.14. The molecule has 0 amide bonds. The predicted molar refractivity (Wildman–Crippen MR) is 186 cm³/mol. The van der Waals surface area contributed by atoms with E-state index in [1.165, 1.54) is 6.07 Å². The quantitative estimate of drug-likeness (QED) is 0.0812. The second kappa shape index (κ2) is 14.6. The number of piperidine rings is 1. The molecule has 3 heterocycles. The number of likely N-dealkylation sites (tertiary alicyclic amines) is 1. The van der Waals surface area contributed by atoms with Gasteiger partial charge in [-0.1, -0.05) is 31.2 Å². The molecule has 46 heavy (non-hydrogen) atoms. The van der Waals surface area contributed by atoms with Crippen molar-refractivity contribution >= 4 is 22.6 Å². The lowest BCUT2D eigenvalue weighted by atomic mass is 9.69. The Morgan fingerprint density at radius 1 is 1.15 bits per heavy atom. The highest BCUT2D eigenvalue weighted by Crippen LogP contribution is 2.42. The number of aromatic amines is 2. The number of aliphatic imine (C=N–C) groups is 1. The van der Waals surface area contributed by atoms with Gasteiger partial charge in [0.05, 0.1) is 29.5 Å². The van der Waals surface area contributed by atoms with E-state index >= 15 is 0 Å². The Kier molecular flexibility index (Phi) is 10.6. The molecule has 1 aromatic heterocycles. The van der Waals surface area contributed by atoms with E-state index in [0.717, 1.165) is 92.1 Å². The number of halogens is 1. The van der Waals surface area contributed by atoms with Crippen LogP contribution in [0.3, 0.4) is 0 Å². The van der Waals surface area contributed by atoms with Crippen LogP contribution in [0.2, 0.25) is 0 Å². The molecule has 2 unspecified atom stereocenters. The van der Waals surface area contributed by atoms with Gasteiger partial charge in [0.1, 0.15) is 5.82 Å². The number of hydrogen-bond acceptors (Lipinski definition) is 6. The lowest BCUT2D eigenvalue weighted by molar-refractivity contribution is 0.0876. The van der Waals surface area contributed by atoms with E-state index in [1.807, 2.05) is 25.1 Å². The van der Waals surface area contributed by atoms with Crippen LogP contribution in [0.5, 0.6) is 0 Å².